The summed E-state index contributed by atoms with van der Waals surface area (Å²) in [6.07, 6.45) is 6.69. The first-order chi connectivity index (χ1) is 14.5. The van der Waals surface area contributed by atoms with Crippen LogP contribution in [0.2, 0.25) is 0 Å². The summed E-state index contributed by atoms with van der Waals surface area (Å²) < 4.78 is 9.41. The number of hydrogen-bond donors (Lipinski definition) is 2. The zero-order chi connectivity index (χ0) is 20.7. The Morgan fingerprint density at radius 2 is 2.17 bits per heavy atom. The van der Waals surface area contributed by atoms with E-state index < -0.39 is 0 Å². The number of benzene rings is 1. The van der Waals surface area contributed by atoms with Crippen LogP contribution in [0.5, 0.6) is 5.75 Å². The fourth-order valence-electron chi connectivity index (χ4n) is 4.03. The Morgan fingerprint density at radius 1 is 1.27 bits per heavy atom. The van der Waals surface area contributed by atoms with Crippen LogP contribution in [0.25, 0.3) is 28.0 Å². The molecule has 1 unspecified atom stereocenters. The number of aromatic nitrogens is 5. The van der Waals surface area contributed by atoms with Crippen LogP contribution in [0.3, 0.4) is 0 Å². The van der Waals surface area contributed by atoms with Gasteiger partial charge in [0.2, 0.25) is 0 Å². The first-order valence-corrected chi connectivity index (χ1v) is 10.1. The Balaban J connectivity index is 1.57. The van der Waals surface area contributed by atoms with Crippen molar-refractivity contribution in [1.29, 1.82) is 0 Å². The van der Waals surface area contributed by atoms with Crippen molar-refractivity contribution in [3.8, 4) is 22.7 Å². The molecule has 2 N–H and O–H groups in total. The normalized spacial score (nSPS) is 18.8. The summed E-state index contributed by atoms with van der Waals surface area (Å²) in [4.78, 5) is 9.44. The van der Waals surface area contributed by atoms with Gasteiger partial charge in [-0.3, -0.25) is 9.25 Å². The van der Waals surface area contributed by atoms with Gasteiger partial charge >= 0.3 is 0 Å². The minimum atomic E-state index is 0.0173. The predicted molar refractivity (Wildman–Crippen MR) is 117 cm³/mol. The maximum absolute atomic E-state index is 5.62. The number of rotatable bonds is 5. The van der Waals surface area contributed by atoms with Gasteiger partial charge in [-0.2, -0.15) is 5.10 Å². The van der Waals surface area contributed by atoms with Crippen molar-refractivity contribution < 1.29 is 4.74 Å². The Morgan fingerprint density at radius 3 is 2.90 bits per heavy atom. The topological polar surface area (TPSA) is 81.8 Å². The zero-order valence-corrected chi connectivity index (χ0v) is 17.4. The highest BCUT2D eigenvalue weighted by Gasteiger charge is 2.28. The molecular weight excluding hydrogens is 378 g/mol. The number of aryl methyl sites for hydroxylation is 1. The largest absolute Gasteiger partial charge is 0.496 e. The average Bonchev–Trinajstić information content (AvgIpc) is 3.46. The molecule has 8 nitrogen and oxygen atoms in total. The monoisotopic (exact) mass is 403 g/mol. The summed E-state index contributed by atoms with van der Waals surface area (Å²) in [6.45, 7) is 4.18. The van der Waals surface area contributed by atoms with E-state index in [4.69, 9.17) is 9.72 Å². The second kappa shape index (κ2) is 7.14. The van der Waals surface area contributed by atoms with Crippen LogP contribution in [0, 0.1) is 0 Å². The maximum Gasteiger partial charge on any atom is 0.140 e. The number of methoxy groups -OCH3 is 1. The van der Waals surface area contributed by atoms with Crippen LogP contribution in [-0.4, -0.2) is 50.1 Å². The molecule has 1 aromatic carbocycles. The van der Waals surface area contributed by atoms with Crippen molar-refractivity contribution in [3.05, 3.63) is 49.1 Å². The number of pyridine rings is 1. The third kappa shape index (κ3) is 3.29. The lowest BCUT2D eigenvalue weighted by Crippen LogP contribution is -2.37. The number of ether oxygens (including phenoxy) is 1. The smallest absolute Gasteiger partial charge is 0.140 e. The summed E-state index contributed by atoms with van der Waals surface area (Å²) in [5.41, 5.74) is 3.80. The first kappa shape index (κ1) is 18.6. The number of nitrogens with zero attached hydrogens (tertiary/aromatic N) is 5. The summed E-state index contributed by atoms with van der Waals surface area (Å²) in [5, 5.41) is 11.3. The molecule has 154 valence electrons. The van der Waals surface area contributed by atoms with Crippen molar-refractivity contribution >= 4 is 16.9 Å². The van der Waals surface area contributed by atoms with Crippen LogP contribution < -0.4 is 15.4 Å². The Labute approximate surface area is 174 Å². The molecule has 8 heteroatoms. The van der Waals surface area contributed by atoms with Gasteiger partial charge in [0.25, 0.3) is 0 Å². The molecule has 0 saturated carbocycles. The highest BCUT2D eigenvalue weighted by Crippen LogP contribution is 2.34. The number of anilines is 1. The maximum atomic E-state index is 5.62. The molecule has 30 heavy (non-hydrogen) atoms. The van der Waals surface area contributed by atoms with Gasteiger partial charge in [0.1, 0.15) is 23.7 Å². The molecule has 0 spiro atoms. The quantitative estimate of drug-likeness (QED) is 0.533. The molecule has 0 amide bonds. The Bertz CT molecular complexity index is 1200. The van der Waals surface area contributed by atoms with Crippen LogP contribution in [0.15, 0.2) is 49.1 Å². The molecule has 0 aliphatic carbocycles. The van der Waals surface area contributed by atoms with E-state index in [0.717, 1.165) is 59.1 Å². The SMILES string of the molecule is COc1cc2ncn(-c3cccc(NC4(C)CCNC4)n3)c2cc1-c1cnn(C)c1. The minimum Gasteiger partial charge on any atom is -0.496 e. The molecule has 3 aromatic heterocycles. The van der Waals surface area contributed by atoms with E-state index in [9.17, 15) is 0 Å². The van der Waals surface area contributed by atoms with E-state index in [2.05, 4.69) is 33.7 Å². The van der Waals surface area contributed by atoms with Gasteiger partial charge < -0.3 is 15.4 Å². The second-order valence-corrected chi connectivity index (χ2v) is 8.05. The standard InChI is InChI=1S/C22H25N7O/c1-22(7-8-23-13-22)27-20-5-4-6-21(26-20)29-14-24-17-10-19(30-3)16(9-18(17)29)15-11-25-28(2)12-15/h4-6,9-12,14,23H,7-8,13H2,1-3H3,(H,26,27). The second-order valence-electron chi connectivity index (χ2n) is 8.05. The van der Waals surface area contributed by atoms with Gasteiger partial charge in [0.05, 0.1) is 24.3 Å². The van der Waals surface area contributed by atoms with E-state index in [0.29, 0.717) is 0 Å². The van der Waals surface area contributed by atoms with Gasteiger partial charge in [-0.05, 0) is 38.1 Å². The van der Waals surface area contributed by atoms with Gasteiger partial charge in [0.15, 0.2) is 0 Å². The Hall–Kier alpha value is -3.39. The van der Waals surface area contributed by atoms with E-state index in [1.165, 1.54) is 0 Å². The third-order valence-electron chi connectivity index (χ3n) is 5.66. The summed E-state index contributed by atoms with van der Waals surface area (Å²) >= 11 is 0. The molecule has 4 aromatic rings. The van der Waals surface area contributed by atoms with Gasteiger partial charge in [-0.25, -0.2) is 9.97 Å². The van der Waals surface area contributed by atoms with Crippen LogP contribution in [0.4, 0.5) is 5.82 Å². The fourth-order valence-corrected chi connectivity index (χ4v) is 4.03. The summed E-state index contributed by atoms with van der Waals surface area (Å²) in [7, 11) is 3.58. The summed E-state index contributed by atoms with van der Waals surface area (Å²) in [5.74, 6) is 2.45. The van der Waals surface area contributed by atoms with Crippen molar-refractivity contribution in [2.45, 2.75) is 18.9 Å². The van der Waals surface area contributed by atoms with Gasteiger partial charge in [-0.1, -0.05) is 6.07 Å². The molecule has 1 fully saturated rings. The minimum absolute atomic E-state index is 0.0173. The van der Waals surface area contributed by atoms with Gasteiger partial charge in [0, 0.05) is 42.5 Å². The van der Waals surface area contributed by atoms with Crippen LogP contribution in [-0.2, 0) is 7.05 Å². The molecule has 1 aliphatic rings. The fraction of sp³-hybridized carbons (Fsp3) is 0.318. The van der Waals surface area contributed by atoms with E-state index in [-0.39, 0.29) is 5.54 Å². The lowest BCUT2D eigenvalue weighted by atomic mass is 10.0. The molecule has 0 radical (unpaired) electrons. The van der Waals surface area contributed by atoms with E-state index in [1.807, 2.05) is 54.6 Å². The highest BCUT2D eigenvalue weighted by atomic mass is 16.5. The molecule has 1 aliphatic heterocycles. The number of hydrogen-bond acceptors (Lipinski definition) is 6. The molecule has 1 atom stereocenters. The number of fused-ring (bicyclic) bond motifs is 1. The number of nitrogens with one attached hydrogen (secondary N) is 2. The molecular formula is C22H25N7O. The molecule has 1 saturated heterocycles. The molecule has 4 heterocycles. The Kier molecular flexibility index (Phi) is 4.43. The van der Waals surface area contributed by atoms with Gasteiger partial charge in [-0.15, -0.1) is 0 Å². The lowest BCUT2D eigenvalue weighted by molar-refractivity contribution is 0.417. The highest BCUT2D eigenvalue weighted by molar-refractivity contribution is 5.87. The van der Waals surface area contributed by atoms with E-state index in [1.54, 1.807) is 11.8 Å². The predicted octanol–water partition coefficient (Wildman–Crippen LogP) is 2.99. The van der Waals surface area contributed by atoms with Crippen molar-refractivity contribution in [3.63, 3.8) is 0 Å². The summed E-state index contributed by atoms with van der Waals surface area (Å²) in [6, 6.07) is 10.1. The lowest BCUT2D eigenvalue weighted by Gasteiger charge is -2.25. The first-order valence-electron chi connectivity index (χ1n) is 10.1. The van der Waals surface area contributed by atoms with E-state index >= 15 is 0 Å². The van der Waals surface area contributed by atoms with Crippen LogP contribution >= 0.6 is 0 Å². The third-order valence-corrected chi connectivity index (χ3v) is 5.66. The van der Waals surface area contributed by atoms with Crippen molar-refractivity contribution in [1.82, 2.24) is 29.6 Å². The number of imidazole rings is 1. The average molecular weight is 403 g/mol. The zero-order valence-electron chi connectivity index (χ0n) is 17.4. The molecule has 0 bridgehead atoms. The van der Waals surface area contributed by atoms with Crippen LogP contribution in [0.1, 0.15) is 13.3 Å². The molecule has 5 rings (SSSR count). The van der Waals surface area contributed by atoms with Crippen molar-refractivity contribution in [2.75, 3.05) is 25.5 Å². The van der Waals surface area contributed by atoms with Crippen molar-refractivity contribution in [2.24, 2.45) is 7.05 Å².